The Hall–Kier alpha value is -3.94. The number of pyridine rings is 1. The van der Waals surface area contributed by atoms with E-state index in [0.29, 0.717) is 37.8 Å². The number of aromatic nitrogens is 1. The van der Waals surface area contributed by atoms with E-state index in [1.54, 1.807) is 36.4 Å². The van der Waals surface area contributed by atoms with Crippen LogP contribution in [0.5, 0.6) is 5.88 Å². The molecule has 5 rings (SSSR count). The Labute approximate surface area is 216 Å². The summed E-state index contributed by atoms with van der Waals surface area (Å²) in [5.41, 5.74) is 4.10. The molecule has 0 saturated heterocycles. The molecule has 0 unspecified atom stereocenters. The Morgan fingerprint density at radius 1 is 1.00 bits per heavy atom. The third-order valence-electron chi connectivity index (χ3n) is 6.02. The zero-order valence-corrected chi connectivity index (χ0v) is 21.1. The molecule has 0 saturated carbocycles. The van der Waals surface area contributed by atoms with E-state index in [4.69, 9.17) is 11.6 Å². The van der Waals surface area contributed by atoms with Gasteiger partial charge < -0.3 is 5.11 Å². The van der Waals surface area contributed by atoms with E-state index in [1.807, 2.05) is 36.4 Å². The van der Waals surface area contributed by atoms with Crippen molar-refractivity contribution in [1.82, 2.24) is 9.99 Å². The van der Waals surface area contributed by atoms with Gasteiger partial charge in [0.15, 0.2) is 0 Å². The van der Waals surface area contributed by atoms with Crippen molar-refractivity contribution in [3.8, 4) is 11.6 Å². The lowest BCUT2D eigenvalue weighted by molar-refractivity contribution is 0.0959. The molecule has 6 nitrogen and oxygen atoms in total. The highest BCUT2D eigenvalue weighted by Crippen LogP contribution is 2.35. The highest BCUT2D eigenvalue weighted by molar-refractivity contribution is 7.21. The molecule has 0 radical (unpaired) electrons. The van der Waals surface area contributed by atoms with Gasteiger partial charge in [-0.25, -0.2) is 9.99 Å². The molecule has 1 amide bonds. The average Bonchev–Trinajstić information content (AvgIpc) is 3.23. The summed E-state index contributed by atoms with van der Waals surface area (Å²) in [6.45, 7) is 4.17. The summed E-state index contributed by atoms with van der Waals surface area (Å²) < 4.78 is 2.15. The monoisotopic (exact) mass is 515 g/mol. The zero-order valence-electron chi connectivity index (χ0n) is 19.5. The van der Waals surface area contributed by atoms with Gasteiger partial charge in [0.05, 0.1) is 22.5 Å². The Kier molecular flexibility index (Phi) is 6.35. The van der Waals surface area contributed by atoms with Crippen LogP contribution in [0.3, 0.4) is 0 Å². The number of hydrogen-bond donors (Lipinski definition) is 2. The molecular weight excluding hydrogens is 494 g/mol. The second kappa shape index (κ2) is 9.60. The molecule has 2 heterocycles. The predicted molar refractivity (Wildman–Crippen MR) is 147 cm³/mol. The number of halogens is 1. The molecule has 0 aliphatic carbocycles. The predicted octanol–water partition coefficient (Wildman–Crippen LogP) is 6.45. The van der Waals surface area contributed by atoms with Gasteiger partial charge in [-0.05, 0) is 35.7 Å². The zero-order chi connectivity index (χ0) is 25.4. The van der Waals surface area contributed by atoms with Gasteiger partial charge in [0.2, 0.25) is 5.88 Å². The summed E-state index contributed by atoms with van der Waals surface area (Å²) in [7, 11) is 0. The fraction of sp³-hybridized carbons (Fsp3) is 0.107. The molecule has 2 N–H and O–H groups in total. The van der Waals surface area contributed by atoms with E-state index in [2.05, 4.69) is 24.4 Å². The summed E-state index contributed by atoms with van der Waals surface area (Å²) in [5, 5.41) is 17.4. The standard InChI is InChI=1S/C28H22ClN3O3S/c1-16(2)17-11-13-18(14-12-17)32-27(34)20-8-4-3-7-19(20)22(28(32)35)15-30-31-26(33)25-24(29)21-9-5-6-10-23(21)36-25/h3-16,35H,1-2H3,(H,31,33)/b30-15-. The minimum absolute atomic E-state index is 0.270. The first-order valence-electron chi connectivity index (χ1n) is 11.3. The minimum atomic E-state index is -0.459. The molecule has 0 fully saturated rings. The first-order valence-corrected chi connectivity index (χ1v) is 12.5. The van der Waals surface area contributed by atoms with Crippen LogP contribution in [0.4, 0.5) is 0 Å². The Morgan fingerprint density at radius 2 is 1.64 bits per heavy atom. The van der Waals surface area contributed by atoms with Crippen LogP contribution in [0.1, 0.15) is 40.6 Å². The Bertz CT molecular complexity index is 1700. The number of carbonyl (C=O) groups is 1. The maximum absolute atomic E-state index is 13.3. The van der Waals surface area contributed by atoms with Gasteiger partial charge in [0, 0.05) is 20.9 Å². The van der Waals surface area contributed by atoms with Gasteiger partial charge in [0.1, 0.15) is 4.88 Å². The third kappa shape index (κ3) is 4.17. The topological polar surface area (TPSA) is 83.7 Å². The lowest BCUT2D eigenvalue weighted by Crippen LogP contribution is -2.21. The smallest absolute Gasteiger partial charge is 0.283 e. The van der Waals surface area contributed by atoms with E-state index in [-0.39, 0.29) is 11.4 Å². The maximum Gasteiger partial charge on any atom is 0.283 e. The number of carbonyl (C=O) groups excluding carboxylic acids is 1. The van der Waals surface area contributed by atoms with Crippen molar-refractivity contribution in [2.75, 3.05) is 0 Å². The van der Waals surface area contributed by atoms with Crippen molar-refractivity contribution in [3.05, 3.63) is 104 Å². The van der Waals surface area contributed by atoms with E-state index < -0.39 is 5.91 Å². The number of hydrazone groups is 1. The molecule has 0 spiro atoms. The van der Waals surface area contributed by atoms with E-state index in [1.165, 1.54) is 22.1 Å². The second-order valence-corrected chi connectivity index (χ2v) is 10.0. The Morgan fingerprint density at radius 3 is 2.31 bits per heavy atom. The van der Waals surface area contributed by atoms with Crippen molar-refractivity contribution in [1.29, 1.82) is 0 Å². The number of aromatic hydroxyl groups is 1. The van der Waals surface area contributed by atoms with Gasteiger partial charge in [-0.3, -0.25) is 9.59 Å². The molecule has 3 aromatic carbocycles. The summed E-state index contributed by atoms with van der Waals surface area (Å²) in [6, 6.07) is 21.9. The van der Waals surface area contributed by atoms with Crippen LogP contribution in [-0.4, -0.2) is 21.8 Å². The third-order valence-corrected chi connectivity index (χ3v) is 7.70. The quantitative estimate of drug-likeness (QED) is 0.208. The lowest BCUT2D eigenvalue weighted by Gasteiger charge is -2.14. The minimum Gasteiger partial charge on any atom is -0.494 e. The van der Waals surface area contributed by atoms with Crippen LogP contribution >= 0.6 is 22.9 Å². The van der Waals surface area contributed by atoms with Crippen LogP contribution in [0, 0.1) is 0 Å². The second-order valence-electron chi connectivity index (χ2n) is 8.61. The van der Waals surface area contributed by atoms with Crippen molar-refractivity contribution in [2.24, 2.45) is 5.10 Å². The molecule has 2 aromatic heterocycles. The molecule has 36 heavy (non-hydrogen) atoms. The summed E-state index contributed by atoms with van der Waals surface area (Å²) in [6.07, 6.45) is 1.34. The van der Waals surface area contributed by atoms with Crippen molar-refractivity contribution >= 4 is 55.9 Å². The van der Waals surface area contributed by atoms with Crippen LogP contribution in [0.2, 0.25) is 5.02 Å². The first-order chi connectivity index (χ1) is 17.4. The van der Waals surface area contributed by atoms with Gasteiger partial charge in [-0.15, -0.1) is 11.3 Å². The van der Waals surface area contributed by atoms with E-state index in [9.17, 15) is 14.7 Å². The molecule has 8 heteroatoms. The molecule has 0 bridgehead atoms. The van der Waals surface area contributed by atoms with Crippen molar-refractivity contribution in [3.63, 3.8) is 0 Å². The molecule has 5 aromatic rings. The number of nitrogens with zero attached hydrogens (tertiary/aromatic N) is 2. The summed E-state index contributed by atoms with van der Waals surface area (Å²) >= 11 is 7.68. The fourth-order valence-electron chi connectivity index (χ4n) is 4.10. The van der Waals surface area contributed by atoms with E-state index >= 15 is 0 Å². The summed E-state index contributed by atoms with van der Waals surface area (Å²) in [4.78, 5) is 26.4. The summed E-state index contributed by atoms with van der Waals surface area (Å²) in [5.74, 6) is -0.394. The van der Waals surface area contributed by atoms with Gasteiger partial charge >= 0.3 is 0 Å². The van der Waals surface area contributed by atoms with Crippen molar-refractivity contribution in [2.45, 2.75) is 19.8 Å². The lowest BCUT2D eigenvalue weighted by atomic mass is 10.0. The largest absolute Gasteiger partial charge is 0.494 e. The fourth-order valence-corrected chi connectivity index (χ4v) is 5.51. The molecule has 180 valence electrons. The molecule has 0 atom stereocenters. The molecule has 0 aliphatic rings. The van der Waals surface area contributed by atoms with Gasteiger partial charge in [0.25, 0.3) is 11.5 Å². The normalized spacial score (nSPS) is 11.7. The van der Waals surface area contributed by atoms with E-state index in [0.717, 1.165) is 15.6 Å². The molecule has 0 aliphatic heterocycles. The number of benzene rings is 3. The highest BCUT2D eigenvalue weighted by atomic mass is 35.5. The number of nitrogens with one attached hydrogen (secondary N) is 1. The SMILES string of the molecule is CC(C)c1ccc(-n2c(O)c(/C=N\NC(=O)c3sc4ccccc4c3Cl)c3ccccc3c2=O)cc1. The average molecular weight is 516 g/mol. The van der Waals surface area contributed by atoms with Crippen LogP contribution in [0.15, 0.2) is 82.7 Å². The van der Waals surface area contributed by atoms with Crippen LogP contribution < -0.4 is 11.0 Å². The van der Waals surface area contributed by atoms with Gasteiger partial charge in [-0.1, -0.05) is 74.0 Å². The van der Waals surface area contributed by atoms with Crippen LogP contribution in [0.25, 0.3) is 26.5 Å². The van der Waals surface area contributed by atoms with Crippen LogP contribution in [-0.2, 0) is 0 Å². The van der Waals surface area contributed by atoms with Crippen molar-refractivity contribution < 1.29 is 9.90 Å². The maximum atomic E-state index is 13.3. The number of fused-ring (bicyclic) bond motifs is 2. The highest BCUT2D eigenvalue weighted by Gasteiger charge is 2.18. The number of rotatable bonds is 5. The Balaban J connectivity index is 1.54. The number of amides is 1. The first kappa shape index (κ1) is 23.8. The molecular formula is C28H22ClN3O3S. The van der Waals surface area contributed by atoms with Gasteiger partial charge in [-0.2, -0.15) is 5.10 Å². The number of hydrogen-bond acceptors (Lipinski definition) is 5. The number of thiophene rings is 1.